The van der Waals surface area contributed by atoms with Gasteiger partial charge in [0.2, 0.25) is 0 Å². The van der Waals surface area contributed by atoms with Crippen LogP contribution >= 0.6 is 0 Å². The third kappa shape index (κ3) is 5.73. The van der Waals surface area contributed by atoms with Gasteiger partial charge in [-0.1, -0.05) is 42.5 Å². The van der Waals surface area contributed by atoms with E-state index in [0.29, 0.717) is 30.5 Å². The van der Waals surface area contributed by atoms with E-state index in [2.05, 4.69) is 9.88 Å². The van der Waals surface area contributed by atoms with E-state index in [9.17, 15) is 0 Å². The minimum absolute atomic E-state index is 0.427. The number of hydrogen-bond donors (Lipinski definition) is 0. The number of aromatic nitrogens is 2. The Morgan fingerprint density at radius 1 is 0.892 bits per heavy atom. The minimum Gasteiger partial charge on any atom is -0.496 e. The highest BCUT2D eigenvalue weighted by Gasteiger charge is 2.17. The van der Waals surface area contributed by atoms with Gasteiger partial charge >= 0.3 is 0 Å². The van der Waals surface area contributed by atoms with E-state index in [1.807, 2.05) is 86.9 Å². The number of hydrogen-bond acceptors (Lipinski definition) is 7. The molecular weight excluding hydrogens is 466 g/mol. The van der Waals surface area contributed by atoms with Crippen molar-refractivity contribution in [2.45, 2.75) is 6.61 Å². The van der Waals surface area contributed by atoms with Crippen molar-refractivity contribution in [2.75, 3.05) is 34.4 Å². The molecular formula is C30H29N3O4. The van der Waals surface area contributed by atoms with Gasteiger partial charge in [0.1, 0.15) is 30.5 Å². The Balaban J connectivity index is 1.57. The van der Waals surface area contributed by atoms with Crippen LogP contribution in [0.4, 0.5) is 0 Å². The topological polar surface area (TPSA) is 69.9 Å². The molecule has 7 nitrogen and oxygen atoms in total. The molecule has 7 heteroatoms. The number of rotatable bonds is 10. The van der Waals surface area contributed by atoms with Crippen LogP contribution < -0.4 is 14.2 Å². The molecule has 0 saturated heterocycles. The first-order valence-electron chi connectivity index (χ1n) is 12.1. The molecule has 0 spiro atoms. The van der Waals surface area contributed by atoms with Gasteiger partial charge in [-0.2, -0.15) is 0 Å². The fourth-order valence-electron chi connectivity index (χ4n) is 4.03. The number of oxazole rings is 1. The van der Waals surface area contributed by atoms with E-state index in [0.717, 1.165) is 45.6 Å². The van der Waals surface area contributed by atoms with Gasteiger partial charge < -0.3 is 23.5 Å². The standard InChI is InChI=1S/C30H29N3O4/c1-33(2)12-13-35-23-11-7-10-22(14-23)26-16-29(36-19-21-8-5-4-6-9-21)24-15-25(30-18-31-20-37-30)28(34-3)17-27(24)32-26/h4-11,14-18,20H,12-13,19H2,1-3H3. The van der Waals surface area contributed by atoms with Crippen LogP contribution in [0.15, 0.2) is 89.8 Å². The minimum atomic E-state index is 0.427. The lowest BCUT2D eigenvalue weighted by molar-refractivity contribution is 0.261. The summed E-state index contributed by atoms with van der Waals surface area (Å²) < 4.78 is 23.6. The van der Waals surface area contributed by atoms with Crippen LogP contribution in [0.3, 0.4) is 0 Å². The van der Waals surface area contributed by atoms with Crippen molar-refractivity contribution in [3.63, 3.8) is 0 Å². The zero-order valence-electron chi connectivity index (χ0n) is 21.2. The highest BCUT2D eigenvalue weighted by atomic mass is 16.5. The van der Waals surface area contributed by atoms with Gasteiger partial charge in [-0.3, -0.25) is 0 Å². The molecule has 0 unspecified atom stereocenters. The van der Waals surface area contributed by atoms with Crippen molar-refractivity contribution in [1.82, 2.24) is 14.9 Å². The molecule has 0 aliphatic heterocycles. The third-order valence-corrected chi connectivity index (χ3v) is 5.96. The number of likely N-dealkylation sites (N-methyl/N-ethyl adjacent to an activating group) is 1. The Labute approximate surface area is 216 Å². The summed E-state index contributed by atoms with van der Waals surface area (Å²) in [7, 11) is 5.68. The van der Waals surface area contributed by atoms with Crippen molar-refractivity contribution in [2.24, 2.45) is 0 Å². The molecule has 188 valence electrons. The predicted octanol–water partition coefficient (Wildman–Crippen LogP) is 6.08. The molecule has 5 rings (SSSR count). The van der Waals surface area contributed by atoms with Gasteiger partial charge in [0.15, 0.2) is 12.2 Å². The summed E-state index contributed by atoms with van der Waals surface area (Å²) >= 11 is 0. The highest BCUT2D eigenvalue weighted by Crippen LogP contribution is 2.39. The lowest BCUT2D eigenvalue weighted by Crippen LogP contribution is -2.19. The summed E-state index contributed by atoms with van der Waals surface area (Å²) in [6.07, 6.45) is 3.07. The molecule has 0 aliphatic rings. The lowest BCUT2D eigenvalue weighted by atomic mass is 10.0. The van der Waals surface area contributed by atoms with E-state index in [-0.39, 0.29) is 0 Å². The molecule has 3 aromatic carbocycles. The normalized spacial score (nSPS) is 11.1. The maximum atomic E-state index is 6.37. The summed E-state index contributed by atoms with van der Waals surface area (Å²) in [5, 5.41) is 0.852. The molecule has 0 amide bonds. The quantitative estimate of drug-likeness (QED) is 0.232. The van der Waals surface area contributed by atoms with E-state index in [1.165, 1.54) is 6.39 Å². The second-order valence-corrected chi connectivity index (χ2v) is 8.89. The van der Waals surface area contributed by atoms with Crippen molar-refractivity contribution in [3.8, 4) is 39.8 Å². The maximum absolute atomic E-state index is 6.37. The summed E-state index contributed by atoms with van der Waals surface area (Å²) in [6, 6.07) is 23.9. The molecule has 0 aliphatic carbocycles. The Kier molecular flexibility index (Phi) is 7.33. The van der Waals surface area contributed by atoms with Crippen LogP contribution in [-0.2, 0) is 6.61 Å². The first-order valence-corrected chi connectivity index (χ1v) is 12.1. The molecule has 0 N–H and O–H groups in total. The zero-order chi connectivity index (χ0) is 25.6. The summed E-state index contributed by atoms with van der Waals surface area (Å²) in [5.74, 6) is 2.76. The number of pyridine rings is 1. The summed E-state index contributed by atoms with van der Waals surface area (Å²) in [4.78, 5) is 11.1. The predicted molar refractivity (Wildman–Crippen MR) is 144 cm³/mol. The number of benzene rings is 3. The Morgan fingerprint density at radius 2 is 1.76 bits per heavy atom. The van der Waals surface area contributed by atoms with Gasteiger partial charge in [0, 0.05) is 29.6 Å². The van der Waals surface area contributed by atoms with Crippen molar-refractivity contribution in [1.29, 1.82) is 0 Å². The number of methoxy groups -OCH3 is 1. The molecule has 37 heavy (non-hydrogen) atoms. The van der Waals surface area contributed by atoms with E-state index >= 15 is 0 Å². The first kappa shape index (κ1) is 24.3. The SMILES string of the molecule is COc1cc2nc(-c3cccc(OCCN(C)C)c3)cc(OCc3ccccc3)c2cc1-c1cnco1. The molecule has 0 fully saturated rings. The largest absolute Gasteiger partial charge is 0.496 e. The fourth-order valence-corrected chi connectivity index (χ4v) is 4.03. The van der Waals surface area contributed by atoms with Crippen molar-refractivity contribution < 1.29 is 18.6 Å². The number of nitrogens with zero attached hydrogens (tertiary/aromatic N) is 3. The van der Waals surface area contributed by atoms with E-state index in [4.69, 9.17) is 23.6 Å². The van der Waals surface area contributed by atoms with Gasteiger partial charge in [0.25, 0.3) is 0 Å². The maximum Gasteiger partial charge on any atom is 0.181 e. The Bertz CT molecular complexity index is 1470. The van der Waals surface area contributed by atoms with Crippen LogP contribution in [-0.4, -0.2) is 49.2 Å². The van der Waals surface area contributed by atoms with E-state index in [1.54, 1.807) is 13.3 Å². The average molecular weight is 496 g/mol. The molecule has 0 saturated carbocycles. The van der Waals surface area contributed by atoms with Crippen LogP contribution in [0.5, 0.6) is 17.2 Å². The molecule has 2 heterocycles. The van der Waals surface area contributed by atoms with E-state index < -0.39 is 0 Å². The van der Waals surface area contributed by atoms with Gasteiger partial charge in [0.05, 0.1) is 30.1 Å². The van der Waals surface area contributed by atoms with Crippen LogP contribution in [0, 0.1) is 0 Å². The molecule has 2 aromatic heterocycles. The lowest BCUT2D eigenvalue weighted by Gasteiger charge is -2.15. The smallest absolute Gasteiger partial charge is 0.181 e. The second-order valence-electron chi connectivity index (χ2n) is 8.89. The van der Waals surface area contributed by atoms with Crippen LogP contribution in [0.2, 0.25) is 0 Å². The summed E-state index contributed by atoms with van der Waals surface area (Å²) in [5.41, 5.74) is 4.33. The molecule has 0 atom stereocenters. The second kappa shape index (κ2) is 11.1. The third-order valence-electron chi connectivity index (χ3n) is 5.96. The molecule has 0 radical (unpaired) electrons. The molecule has 5 aromatic rings. The number of fused-ring (bicyclic) bond motifs is 1. The fraction of sp³-hybridized carbons (Fsp3) is 0.200. The monoisotopic (exact) mass is 495 g/mol. The van der Waals surface area contributed by atoms with Crippen LogP contribution in [0.1, 0.15) is 5.56 Å². The first-order chi connectivity index (χ1) is 18.1. The molecule has 0 bridgehead atoms. The highest BCUT2D eigenvalue weighted by molar-refractivity contribution is 5.93. The van der Waals surface area contributed by atoms with Gasteiger partial charge in [-0.15, -0.1) is 0 Å². The van der Waals surface area contributed by atoms with Crippen molar-refractivity contribution in [3.05, 3.63) is 91.0 Å². The van der Waals surface area contributed by atoms with Crippen molar-refractivity contribution >= 4 is 10.9 Å². The summed E-state index contributed by atoms with van der Waals surface area (Å²) in [6.45, 7) is 1.87. The van der Waals surface area contributed by atoms with Crippen LogP contribution in [0.25, 0.3) is 33.5 Å². The van der Waals surface area contributed by atoms with Gasteiger partial charge in [-0.05, 0) is 37.9 Å². The number of ether oxygens (including phenoxy) is 3. The average Bonchev–Trinajstić information content (AvgIpc) is 3.46. The van der Waals surface area contributed by atoms with Gasteiger partial charge in [-0.25, -0.2) is 9.97 Å². The zero-order valence-corrected chi connectivity index (χ0v) is 21.2. The Hall–Kier alpha value is -4.36. The Morgan fingerprint density at radius 3 is 2.51 bits per heavy atom.